The van der Waals surface area contributed by atoms with E-state index in [2.05, 4.69) is 0 Å². The molecule has 0 aliphatic heterocycles. The maximum Gasteiger partial charge on any atom is 0.339 e. The third kappa shape index (κ3) is 2.05. The summed E-state index contributed by atoms with van der Waals surface area (Å²) in [7, 11) is 0. The fraction of sp³-hybridized carbons (Fsp3) is 0.364. The number of phenols is 1. The predicted molar refractivity (Wildman–Crippen MR) is 53.8 cm³/mol. The van der Waals surface area contributed by atoms with Crippen molar-refractivity contribution < 1.29 is 15.0 Å². The molecule has 1 rings (SSSR count). The predicted octanol–water partition coefficient (Wildman–Crippen LogP) is 2.39. The van der Waals surface area contributed by atoms with Crippen LogP contribution >= 0.6 is 0 Å². The van der Waals surface area contributed by atoms with E-state index in [0.717, 1.165) is 5.56 Å². The van der Waals surface area contributed by atoms with Crippen LogP contribution in [0.15, 0.2) is 18.2 Å². The maximum absolute atomic E-state index is 10.6. The molecule has 0 aromatic heterocycles. The molecule has 1 aromatic carbocycles. The molecule has 0 fully saturated rings. The van der Waals surface area contributed by atoms with Crippen LogP contribution < -0.4 is 0 Å². The van der Waals surface area contributed by atoms with Gasteiger partial charge in [0.25, 0.3) is 0 Å². The Kier molecular flexibility index (Phi) is 2.51. The first-order chi connectivity index (χ1) is 6.32. The Morgan fingerprint density at radius 1 is 1.29 bits per heavy atom. The smallest absolute Gasteiger partial charge is 0.339 e. The van der Waals surface area contributed by atoms with Crippen LogP contribution in [0.5, 0.6) is 5.75 Å². The highest BCUT2D eigenvalue weighted by Crippen LogP contribution is 2.27. The van der Waals surface area contributed by atoms with Gasteiger partial charge in [-0.3, -0.25) is 0 Å². The van der Waals surface area contributed by atoms with Gasteiger partial charge in [0.05, 0.1) is 0 Å². The number of carboxylic acids is 1. The normalized spacial score (nSPS) is 11.4. The molecule has 0 bridgehead atoms. The van der Waals surface area contributed by atoms with Gasteiger partial charge in [-0.05, 0) is 23.1 Å². The van der Waals surface area contributed by atoms with E-state index < -0.39 is 5.97 Å². The molecule has 0 aliphatic carbocycles. The molecule has 3 heteroatoms. The van der Waals surface area contributed by atoms with E-state index in [1.54, 1.807) is 6.07 Å². The van der Waals surface area contributed by atoms with Crippen molar-refractivity contribution in [2.45, 2.75) is 26.2 Å². The molecule has 3 nitrogen and oxygen atoms in total. The average Bonchev–Trinajstić information content (AvgIpc) is 2.01. The zero-order valence-electron chi connectivity index (χ0n) is 8.53. The van der Waals surface area contributed by atoms with Crippen molar-refractivity contribution in [3.8, 4) is 5.75 Å². The van der Waals surface area contributed by atoms with Gasteiger partial charge in [0.1, 0.15) is 11.3 Å². The fourth-order valence-corrected chi connectivity index (χ4v) is 1.18. The monoisotopic (exact) mass is 194 g/mol. The molecule has 0 saturated carbocycles. The molecule has 0 saturated heterocycles. The fourth-order valence-electron chi connectivity index (χ4n) is 1.18. The summed E-state index contributed by atoms with van der Waals surface area (Å²) in [5.74, 6) is -1.28. The second-order valence-corrected chi connectivity index (χ2v) is 4.29. The Hall–Kier alpha value is -1.51. The minimum absolute atomic E-state index is 0.0574. The molecule has 0 atom stereocenters. The summed E-state index contributed by atoms with van der Waals surface area (Å²) < 4.78 is 0. The number of aromatic carboxylic acids is 1. The SMILES string of the molecule is CC(C)(C)c1ccc(C(=O)O)c(O)c1. The minimum Gasteiger partial charge on any atom is -0.507 e. The topological polar surface area (TPSA) is 57.5 Å². The highest BCUT2D eigenvalue weighted by molar-refractivity contribution is 5.90. The van der Waals surface area contributed by atoms with Crippen LogP contribution in [0.3, 0.4) is 0 Å². The molecule has 0 amide bonds. The minimum atomic E-state index is -1.11. The summed E-state index contributed by atoms with van der Waals surface area (Å²) in [5, 5.41) is 18.1. The molecular formula is C11H14O3. The van der Waals surface area contributed by atoms with Crippen molar-refractivity contribution >= 4 is 5.97 Å². The third-order valence-corrected chi connectivity index (χ3v) is 2.09. The quantitative estimate of drug-likeness (QED) is 0.721. The summed E-state index contributed by atoms with van der Waals surface area (Å²) in [6, 6.07) is 4.66. The van der Waals surface area contributed by atoms with E-state index in [0.29, 0.717) is 0 Å². The number of carboxylic acid groups (broad SMARTS) is 1. The van der Waals surface area contributed by atoms with Crippen molar-refractivity contribution in [2.24, 2.45) is 0 Å². The zero-order chi connectivity index (χ0) is 10.9. The number of aromatic hydroxyl groups is 1. The third-order valence-electron chi connectivity index (χ3n) is 2.09. The highest BCUT2D eigenvalue weighted by atomic mass is 16.4. The van der Waals surface area contributed by atoms with Gasteiger partial charge in [-0.1, -0.05) is 26.8 Å². The average molecular weight is 194 g/mol. The van der Waals surface area contributed by atoms with Crippen molar-refractivity contribution in [3.63, 3.8) is 0 Å². The molecule has 0 radical (unpaired) electrons. The van der Waals surface area contributed by atoms with Crippen molar-refractivity contribution in [2.75, 3.05) is 0 Å². The second-order valence-electron chi connectivity index (χ2n) is 4.29. The molecule has 2 N–H and O–H groups in total. The Morgan fingerprint density at radius 2 is 1.86 bits per heavy atom. The summed E-state index contributed by atoms with van der Waals surface area (Å²) in [4.78, 5) is 10.6. The van der Waals surface area contributed by atoms with Gasteiger partial charge in [0.15, 0.2) is 0 Å². The van der Waals surface area contributed by atoms with Gasteiger partial charge in [0, 0.05) is 0 Å². The first-order valence-corrected chi connectivity index (χ1v) is 4.39. The van der Waals surface area contributed by atoms with E-state index in [1.807, 2.05) is 20.8 Å². The number of hydrogen-bond donors (Lipinski definition) is 2. The standard InChI is InChI=1S/C11H14O3/c1-11(2,3)7-4-5-8(10(13)14)9(12)6-7/h4-6,12H,1-3H3,(H,13,14). The first-order valence-electron chi connectivity index (χ1n) is 4.39. The van der Waals surface area contributed by atoms with Crippen LogP contribution in [0, 0.1) is 0 Å². The van der Waals surface area contributed by atoms with Gasteiger partial charge in [0.2, 0.25) is 0 Å². The number of rotatable bonds is 1. The van der Waals surface area contributed by atoms with Crippen LogP contribution in [-0.4, -0.2) is 16.2 Å². The first kappa shape index (κ1) is 10.6. The highest BCUT2D eigenvalue weighted by Gasteiger charge is 2.17. The van der Waals surface area contributed by atoms with Crippen molar-refractivity contribution in [1.29, 1.82) is 0 Å². The van der Waals surface area contributed by atoms with Gasteiger partial charge >= 0.3 is 5.97 Å². The summed E-state index contributed by atoms with van der Waals surface area (Å²) >= 11 is 0. The van der Waals surface area contributed by atoms with E-state index in [4.69, 9.17) is 5.11 Å². The second kappa shape index (κ2) is 3.33. The molecule has 1 aromatic rings. The lowest BCUT2D eigenvalue weighted by atomic mass is 9.86. The Morgan fingerprint density at radius 3 is 2.21 bits per heavy atom. The van der Waals surface area contributed by atoms with Gasteiger partial charge in [-0.25, -0.2) is 4.79 Å². The lowest BCUT2D eigenvalue weighted by molar-refractivity contribution is 0.0693. The molecule has 0 spiro atoms. The van der Waals surface area contributed by atoms with Gasteiger partial charge in [-0.15, -0.1) is 0 Å². The lowest BCUT2D eigenvalue weighted by Gasteiger charge is -2.19. The van der Waals surface area contributed by atoms with Crippen LogP contribution in [0.4, 0.5) is 0 Å². The molecule has 0 unspecified atom stereocenters. The molecular weight excluding hydrogens is 180 g/mol. The zero-order valence-corrected chi connectivity index (χ0v) is 8.53. The van der Waals surface area contributed by atoms with Crippen LogP contribution in [-0.2, 0) is 5.41 Å². The van der Waals surface area contributed by atoms with E-state index in [1.165, 1.54) is 12.1 Å². The summed E-state index contributed by atoms with van der Waals surface area (Å²) in [5.41, 5.74) is 0.770. The molecule has 0 heterocycles. The van der Waals surface area contributed by atoms with Crippen LogP contribution in [0.2, 0.25) is 0 Å². The Labute approximate surface area is 83.0 Å². The van der Waals surface area contributed by atoms with E-state index >= 15 is 0 Å². The molecule has 0 aliphatic rings. The van der Waals surface area contributed by atoms with E-state index in [9.17, 15) is 9.90 Å². The van der Waals surface area contributed by atoms with Crippen LogP contribution in [0.25, 0.3) is 0 Å². The number of hydrogen-bond acceptors (Lipinski definition) is 2. The van der Waals surface area contributed by atoms with Crippen LogP contribution in [0.1, 0.15) is 36.7 Å². The van der Waals surface area contributed by atoms with Crippen molar-refractivity contribution in [3.05, 3.63) is 29.3 Å². The number of carbonyl (C=O) groups is 1. The maximum atomic E-state index is 10.6. The Bertz CT molecular complexity index is 361. The summed E-state index contributed by atoms with van der Waals surface area (Å²) in [6.45, 7) is 6.01. The summed E-state index contributed by atoms with van der Waals surface area (Å²) in [6.07, 6.45) is 0. The van der Waals surface area contributed by atoms with E-state index in [-0.39, 0.29) is 16.7 Å². The Balaban J connectivity index is 3.20. The number of benzene rings is 1. The largest absolute Gasteiger partial charge is 0.507 e. The van der Waals surface area contributed by atoms with Crippen molar-refractivity contribution in [1.82, 2.24) is 0 Å². The molecule has 76 valence electrons. The van der Waals surface area contributed by atoms with Gasteiger partial charge in [-0.2, -0.15) is 0 Å². The van der Waals surface area contributed by atoms with Gasteiger partial charge < -0.3 is 10.2 Å². The molecule has 14 heavy (non-hydrogen) atoms. The lowest BCUT2D eigenvalue weighted by Crippen LogP contribution is -2.11.